The molecule has 1 aromatic heterocycles. The molecule has 2 atom stereocenters. The predicted octanol–water partition coefficient (Wildman–Crippen LogP) is 1.01. The van der Waals surface area contributed by atoms with Crippen LogP contribution in [0.5, 0.6) is 0 Å². The van der Waals surface area contributed by atoms with E-state index in [1.54, 1.807) is 7.11 Å². The number of aliphatic hydroxyl groups is 1. The van der Waals surface area contributed by atoms with Gasteiger partial charge in [0.2, 0.25) is 0 Å². The monoisotopic (exact) mass is 228 g/mol. The molecule has 0 spiro atoms. The normalized spacial score (nSPS) is 14.8. The van der Waals surface area contributed by atoms with Crippen LogP contribution in [0.1, 0.15) is 24.6 Å². The average molecular weight is 228 g/mol. The number of hydrogen-bond acceptors (Lipinski definition) is 4. The smallest absolute Gasteiger partial charge is 0.141 e. The summed E-state index contributed by atoms with van der Waals surface area (Å²) in [5.41, 5.74) is 6.23. The van der Waals surface area contributed by atoms with E-state index in [0.29, 0.717) is 25.1 Å². The molecular formula is C11H17FN2O2. The van der Waals surface area contributed by atoms with E-state index in [0.717, 1.165) is 6.20 Å². The van der Waals surface area contributed by atoms with Crippen molar-refractivity contribution < 1.29 is 14.2 Å². The van der Waals surface area contributed by atoms with Crippen LogP contribution in [0.15, 0.2) is 18.3 Å². The van der Waals surface area contributed by atoms with Gasteiger partial charge in [0.25, 0.3) is 0 Å². The van der Waals surface area contributed by atoms with E-state index in [1.807, 2.05) is 0 Å². The minimum Gasteiger partial charge on any atom is -0.387 e. The Bertz CT molecular complexity index is 305. The molecule has 0 aliphatic heterocycles. The highest BCUT2D eigenvalue weighted by atomic mass is 19.1. The molecular weight excluding hydrogens is 211 g/mol. The number of nitrogens with zero attached hydrogens (tertiary/aromatic N) is 1. The van der Waals surface area contributed by atoms with Crippen LogP contribution >= 0.6 is 0 Å². The molecule has 3 N–H and O–H groups in total. The van der Waals surface area contributed by atoms with Gasteiger partial charge < -0.3 is 15.6 Å². The highest BCUT2D eigenvalue weighted by Gasteiger charge is 2.13. The van der Waals surface area contributed by atoms with Crippen LogP contribution in [0.25, 0.3) is 0 Å². The molecule has 4 nitrogen and oxygen atoms in total. The molecule has 0 amide bonds. The first kappa shape index (κ1) is 13.0. The van der Waals surface area contributed by atoms with Crippen LogP contribution in [-0.4, -0.2) is 29.8 Å². The zero-order valence-electron chi connectivity index (χ0n) is 9.27. The fourth-order valence-electron chi connectivity index (χ4n) is 1.38. The summed E-state index contributed by atoms with van der Waals surface area (Å²) in [4.78, 5) is 3.80. The Kier molecular flexibility index (Phi) is 5.31. The van der Waals surface area contributed by atoms with Gasteiger partial charge >= 0.3 is 0 Å². The van der Waals surface area contributed by atoms with Crippen LogP contribution in [0.3, 0.4) is 0 Å². The third-order valence-corrected chi connectivity index (χ3v) is 2.31. The van der Waals surface area contributed by atoms with Gasteiger partial charge in [-0.3, -0.25) is 4.98 Å². The Morgan fingerprint density at radius 2 is 2.31 bits per heavy atom. The third-order valence-electron chi connectivity index (χ3n) is 2.31. The van der Waals surface area contributed by atoms with Crippen LogP contribution in [-0.2, 0) is 4.74 Å². The van der Waals surface area contributed by atoms with Crippen LogP contribution < -0.4 is 5.73 Å². The number of methoxy groups -OCH3 is 1. The first-order valence-electron chi connectivity index (χ1n) is 5.17. The molecule has 0 fully saturated rings. The summed E-state index contributed by atoms with van der Waals surface area (Å²) >= 11 is 0. The van der Waals surface area contributed by atoms with E-state index < -0.39 is 11.9 Å². The molecule has 1 rings (SSSR count). The largest absolute Gasteiger partial charge is 0.387 e. The number of aromatic nitrogens is 1. The van der Waals surface area contributed by atoms with E-state index in [-0.39, 0.29) is 6.04 Å². The molecule has 0 bridgehead atoms. The Labute approximate surface area is 94.3 Å². The molecule has 0 saturated carbocycles. The zero-order valence-corrected chi connectivity index (χ0v) is 9.27. The maximum absolute atomic E-state index is 12.6. The Hall–Kier alpha value is -1.04. The van der Waals surface area contributed by atoms with Crippen molar-refractivity contribution in [2.45, 2.75) is 25.0 Å². The minimum absolute atomic E-state index is 0.151. The lowest BCUT2D eigenvalue weighted by Gasteiger charge is -2.15. The lowest BCUT2D eigenvalue weighted by Crippen LogP contribution is -2.24. The fraction of sp³-hybridized carbons (Fsp3) is 0.545. The maximum Gasteiger partial charge on any atom is 0.141 e. The highest BCUT2D eigenvalue weighted by molar-refractivity contribution is 5.08. The quantitative estimate of drug-likeness (QED) is 0.762. The molecule has 5 heteroatoms. The van der Waals surface area contributed by atoms with Crippen molar-refractivity contribution in [3.05, 3.63) is 29.8 Å². The summed E-state index contributed by atoms with van der Waals surface area (Å²) in [6.07, 6.45) is 1.39. The number of halogens is 1. The van der Waals surface area contributed by atoms with Crippen LogP contribution in [0.4, 0.5) is 4.39 Å². The number of nitrogens with two attached hydrogens (primary N) is 1. The first-order chi connectivity index (χ1) is 7.63. The number of aliphatic hydroxyl groups excluding tert-OH is 1. The molecule has 0 aromatic carbocycles. The summed E-state index contributed by atoms with van der Waals surface area (Å²) in [5.74, 6) is -0.417. The van der Waals surface area contributed by atoms with Crippen molar-refractivity contribution in [1.82, 2.24) is 4.98 Å². The summed E-state index contributed by atoms with van der Waals surface area (Å²) in [5, 5.41) is 9.78. The predicted molar refractivity (Wildman–Crippen MR) is 58.2 cm³/mol. The number of pyridine rings is 1. The van der Waals surface area contributed by atoms with Crippen molar-refractivity contribution >= 4 is 0 Å². The first-order valence-corrected chi connectivity index (χ1v) is 5.17. The molecule has 2 unspecified atom stereocenters. The Balaban J connectivity index is 2.45. The Morgan fingerprint density at radius 3 is 2.88 bits per heavy atom. The molecule has 0 aliphatic carbocycles. The van der Waals surface area contributed by atoms with E-state index in [9.17, 15) is 9.50 Å². The van der Waals surface area contributed by atoms with Gasteiger partial charge in [-0.1, -0.05) is 0 Å². The second-order valence-corrected chi connectivity index (χ2v) is 3.69. The fourth-order valence-corrected chi connectivity index (χ4v) is 1.38. The van der Waals surface area contributed by atoms with Gasteiger partial charge in [-0.2, -0.15) is 0 Å². The maximum atomic E-state index is 12.6. The molecule has 1 aromatic rings. The van der Waals surface area contributed by atoms with Crippen LogP contribution in [0, 0.1) is 5.82 Å². The van der Waals surface area contributed by atoms with Gasteiger partial charge in [-0.25, -0.2) is 4.39 Å². The van der Waals surface area contributed by atoms with E-state index >= 15 is 0 Å². The van der Waals surface area contributed by atoms with Crippen molar-refractivity contribution in [1.29, 1.82) is 0 Å². The topological polar surface area (TPSA) is 68.4 Å². The number of hydrogen-bond donors (Lipinski definition) is 2. The van der Waals surface area contributed by atoms with Gasteiger partial charge in [0.15, 0.2) is 0 Å². The number of ether oxygens (including phenoxy) is 1. The molecule has 90 valence electrons. The van der Waals surface area contributed by atoms with Gasteiger partial charge in [0.1, 0.15) is 5.82 Å². The highest BCUT2D eigenvalue weighted by Crippen LogP contribution is 2.16. The molecule has 16 heavy (non-hydrogen) atoms. The SMILES string of the molecule is COCCC(N)CC(O)c1ccc(F)cn1. The lowest BCUT2D eigenvalue weighted by molar-refractivity contribution is 0.138. The molecule has 1 heterocycles. The van der Waals surface area contributed by atoms with Crippen molar-refractivity contribution in [2.75, 3.05) is 13.7 Å². The average Bonchev–Trinajstić information content (AvgIpc) is 2.27. The summed E-state index contributed by atoms with van der Waals surface area (Å²) in [7, 11) is 1.60. The van der Waals surface area contributed by atoms with Gasteiger partial charge in [-0.15, -0.1) is 0 Å². The van der Waals surface area contributed by atoms with E-state index in [1.165, 1.54) is 12.1 Å². The lowest BCUT2D eigenvalue weighted by atomic mass is 10.0. The summed E-state index contributed by atoms with van der Waals surface area (Å²) in [6.45, 7) is 0.560. The second kappa shape index (κ2) is 6.52. The Morgan fingerprint density at radius 1 is 1.56 bits per heavy atom. The van der Waals surface area contributed by atoms with Crippen molar-refractivity contribution in [3.8, 4) is 0 Å². The summed E-state index contributed by atoms with van der Waals surface area (Å²) in [6, 6.07) is 2.58. The van der Waals surface area contributed by atoms with Crippen molar-refractivity contribution in [2.24, 2.45) is 5.73 Å². The standard InChI is InChI=1S/C11H17FN2O2/c1-16-5-4-9(13)6-11(15)10-3-2-8(12)7-14-10/h2-3,7,9,11,15H,4-6,13H2,1H3. The molecule has 0 saturated heterocycles. The molecule has 0 aliphatic rings. The summed E-state index contributed by atoms with van der Waals surface area (Å²) < 4.78 is 17.5. The van der Waals surface area contributed by atoms with Crippen LogP contribution in [0.2, 0.25) is 0 Å². The van der Waals surface area contributed by atoms with Gasteiger partial charge in [0, 0.05) is 19.8 Å². The van der Waals surface area contributed by atoms with Gasteiger partial charge in [0.05, 0.1) is 18.0 Å². The second-order valence-electron chi connectivity index (χ2n) is 3.69. The van der Waals surface area contributed by atoms with Gasteiger partial charge in [-0.05, 0) is 25.0 Å². The van der Waals surface area contributed by atoms with E-state index in [4.69, 9.17) is 10.5 Å². The van der Waals surface area contributed by atoms with E-state index in [2.05, 4.69) is 4.98 Å². The van der Waals surface area contributed by atoms with Crippen molar-refractivity contribution in [3.63, 3.8) is 0 Å². The number of rotatable bonds is 6. The third kappa shape index (κ3) is 4.22. The molecule has 0 radical (unpaired) electrons. The zero-order chi connectivity index (χ0) is 12.0. The minimum atomic E-state index is -0.757.